The molecule has 0 spiro atoms. The van der Waals surface area contributed by atoms with Gasteiger partial charge in [-0.1, -0.05) is 41.5 Å². The quantitative estimate of drug-likeness (QED) is 0.401. The smallest absolute Gasteiger partial charge is 0.0813 e. The van der Waals surface area contributed by atoms with Crippen molar-refractivity contribution >= 4 is 0 Å². The third-order valence-corrected chi connectivity index (χ3v) is 5.56. The van der Waals surface area contributed by atoms with Crippen LogP contribution < -0.4 is 0 Å². The van der Waals surface area contributed by atoms with E-state index in [1.807, 2.05) is 0 Å². The Labute approximate surface area is 129 Å². The summed E-state index contributed by atoms with van der Waals surface area (Å²) in [5.41, 5.74) is 0. The van der Waals surface area contributed by atoms with Crippen LogP contribution in [0.25, 0.3) is 0 Å². The molecule has 0 amide bonds. The molecule has 0 heterocycles. The largest absolute Gasteiger partial charge is 0.325 e. The minimum Gasteiger partial charge on any atom is -0.325 e. The van der Waals surface area contributed by atoms with E-state index in [-0.39, 0.29) is 0 Å². The second-order valence-electron chi connectivity index (χ2n) is 7.21. The first-order chi connectivity index (χ1) is 9.48. The van der Waals surface area contributed by atoms with E-state index in [2.05, 4.69) is 48.6 Å². The Morgan fingerprint density at radius 1 is 0.500 bits per heavy atom. The minimum absolute atomic E-state index is 0.906. The molecule has 0 aromatic rings. The van der Waals surface area contributed by atoms with E-state index < -0.39 is 0 Å². The summed E-state index contributed by atoms with van der Waals surface area (Å²) in [6.45, 7) is 18.4. The average molecular weight is 285 g/mol. The fourth-order valence-corrected chi connectivity index (χ4v) is 3.73. The summed E-state index contributed by atoms with van der Waals surface area (Å²) in [5, 5.41) is 0. The molecule has 0 aliphatic rings. The second-order valence-corrected chi connectivity index (χ2v) is 7.21. The van der Waals surface area contributed by atoms with Crippen molar-refractivity contribution in [3.05, 3.63) is 0 Å². The Hall–Kier alpha value is -0.0400. The van der Waals surface area contributed by atoms with Gasteiger partial charge in [-0.15, -0.1) is 0 Å². The molecule has 0 saturated carbocycles. The maximum Gasteiger partial charge on any atom is 0.0813 e. The van der Waals surface area contributed by atoms with Crippen LogP contribution in [0.3, 0.4) is 0 Å². The van der Waals surface area contributed by atoms with Gasteiger partial charge in [0.25, 0.3) is 0 Å². The van der Waals surface area contributed by atoms with Gasteiger partial charge in [0, 0.05) is 17.8 Å². The first-order valence-electron chi connectivity index (χ1n) is 9.31. The monoisotopic (exact) mass is 284 g/mol. The Balaban J connectivity index is 4.89. The summed E-state index contributed by atoms with van der Waals surface area (Å²) in [4.78, 5) is 0. The second kappa shape index (κ2) is 10.7. The molecular weight excluding hydrogens is 242 g/mol. The van der Waals surface area contributed by atoms with Gasteiger partial charge in [-0.05, 0) is 38.5 Å². The molecule has 0 aliphatic carbocycles. The SMILES string of the molecule is CCC(CC)C[N+](C)(CC(CC)CC)CC(CC)CC. The van der Waals surface area contributed by atoms with Gasteiger partial charge in [0.05, 0.1) is 26.7 Å². The van der Waals surface area contributed by atoms with Crippen molar-refractivity contribution in [2.45, 2.75) is 80.1 Å². The highest BCUT2D eigenvalue weighted by atomic mass is 15.3. The molecule has 0 saturated heterocycles. The van der Waals surface area contributed by atoms with Crippen LogP contribution in [0.15, 0.2) is 0 Å². The molecule has 0 aromatic carbocycles. The van der Waals surface area contributed by atoms with E-state index >= 15 is 0 Å². The molecule has 0 atom stereocenters. The Kier molecular flexibility index (Phi) is 10.6. The zero-order chi connectivity index (χ0) is 15.6. The van der Waals surface area contributed by atoms with Gasteiger partial charge in [0.1, 0.15) is 0 Å². The van der Waals surface area contributed by atoms with E-state index in [1.54, 1.807) is 0 Å². The molecule has 0 radical (unpaired) electrons. The molecule has 0 fully saturated rings. The van der Waals surface area contributed by atoms with Gasteiger partial charge in [-0.25, -0.2) is 0 Å². The molecule has 0 aliphatic heterocycles. The standard InChI is InChI=1S/C19H42N/c1-8-17(9-2)14-20(7,15-18(10-3)11-4)16-19(12-5)13-6/h17-19H,8-16H2,1-7H3/q+1. The van der Waals surface area contributed by atoms with Crippen molar-refractivity contribution in [1.82, 2.24) is 0 Å². The molecule has 20 heavy (non-hydrogen) atoms. The van der Waals surface area contributed by atoms with Crippen LogP contribution in [0.1, 0.15) is 80.1 Å². The van der Waals surface area contributed by atoms with Gasteiger partial charge in [0.15, 0.2) is 0 Å². The van der Waals surface area contributed by atoms with Gasteiger partial charge in [0.2, 0.25) is 0 Å². The highest BCUT2D eigenvalue weighted by molar-refractivity contribution is 4.62. The maximum absolute atomic E-state index is 2.54. The first kappa shape index (κ1) is 20.0. The Morgan fingerprint density at radius 2 is 0.700 bits per heavy atom. The average Bonchev–Trinajstić information content (AvgIpc) is 2.48. The van der Waals surface area contributed by atoms with Crippen LogP contribution in [-0.4, -0.2) is 31.2 Å². The lowest BCUT2D eigenvalue weighted by atomic mass is 9.94. The van der Waals surface area contributed by atoms with Crippen molar-refractivity contribution in [2.75, 3.05) is 26.7 Å². The van der Waals surface area contributed by atoms with E-state index in [1.165, 1.54) is 62.6 Å². The predicted octanol–water partition coefficient (Wildman–Crippen LogP) is 5.74. The zero-order valence-corrected chi connectivity index (χ0v) is 15.5. The fraction of sp³-hybridized carbons (Fsp3) is 1.00. The third kappa shape index (κ3) is 7.11. The number of hydrogen-bond acceptors (Lipinski definition) is 0. The summed E-state index contributed by atoms with van der Waals surface area (Å²) >= 11 is 0. The minimum atomic E-state index is 0.906. The van der Waals surface area contributed by atoms with Crippen molar-refractivity contribution < 1.29 is 4.48 Å². The fourth-order valence-electron chi connectivity index (χ4n) is 3.73. The summed E-state index contributed by atoms with van der Waals surface area (Å²) in [7, 11) is 2.54. The molecule has 0 bridgehead atoms. The lowest BCUT2D eigenvalue weighted by Gasteiger charge is -2.41. The maximum atomic E-state index is 2.54. The molecule has 0 unspecified atom stereocenters. The molecule has 1 heteroatoms. The molecule has 1 nitrogen and oxygen atoms in total. The topological polar surface area (TPSA) is 0 Å². The summed E-state index contributed by atoms with van der Waals surface area (Å²) in [6, 6.07) is 0. The molecule has 0 rings (SSSR count). The summed E-state index contributed by atoms with van der Waals surface area (Å²) < 4.78 is 1.31. The van der Waals surface area contributed by atoms with Crippen molar-refractivity contribution in [3.63, 3.8) is 0 Å². The lowest BCUT2D eigenvalue weighted by molar-refractivity contribution is -0.919. The van der Waals surface area contributed by atoms with E-state index in [0.29, 0.717) is 0 Å². The van der Waals surface area contributed by atoms with Crippen molar-refractivity contribution in [2.24, 2.45) is 17.8 Å². The van der Waals surface area contributed by atoms with E-state index in [0.717, 1.165) is 17.8 Å². The van der Waals surface area contributed by atoms with Crippen LogP contribution in [0, 0.1) is 17.8 Å². The van der Waals surface area contributed by atoms with Crippen LogP contribution in [0.5, 0.6) is 0 Å². The van der Waals surface area contributed by atoms with Crippen LogP contribution in [-0.2, 0) is 0 Å². The van der Waals surface area contributed by atoms with Gasteiger partial charge in [-0.3, -0.25) is 0 Å². The highest BCUT2D eigenvalue weighted by Crippen LogP contribution is 2.24. The van der Waals surface area contributed by atoms with Gasteiger partial charge in [-0.2, -0.15) is 0 Å². The number of hydrogen-bond donors (Lipinski definition) is 0. The molecule has 0 N–H and O–H groups in total. The highest BCUT2D eigenvalue weighted by Gasteiger charge is 2.30. The van der Waals surface area contributed by atoms with Crippen LogP contribution in [0.4, 0.5) is 0 Å². The molecule has 122 valence electrons. The zero-order valence-electron chi connectivity index (χ0n) is 15.5. The number of rotatable bonds is 12. The Bertz CT molecular complexity index is 176. The predicted molar refractivity (Wildman–Crippen MR) is 93.0 cm³/mol. The normalized spacial score (nSPS) is 12.9. The lowest BCUT2D eigenvalue weighted by Crippen LogP contribution is -2.52. The summed E-state index contributed by atoms with van der Waals surface area (Å²) in [5.74, 6) is 2.72. The Morgan fingerprint density at radius 3 is 0.850 bits per heavy atom. The summed E-state index contributed by atoms with van der Waals surface area (Å²) in [6.07, 6.45) is 8.06. The van der Waals surface area contributed by atoms with Crippen molar-refractivity contribution in [3.8, 4) is 0 Å². The number of nitrogens with zero attached hydrogens (tertiary/aromatic N) is 1. The van der Waals surface area contributed by atoms with Crippen LogP contribution in [0.2, 0.25) is 0 Å². The van der Waals surface area contributed by atoms with E-state index in [4.69, 9.17) is 0 Å². The molecular formula is C19H42N+. The third-order valence-electron chi connectivity index (χ3n) is 5.56. The first-order valence-corrected chi connectivity index (χ1v) is 9.31. The van der Waals surface area contributed by atoms with Gasteiger partial charge >= 0.3 is 0 Å². The number of quaternary nitrogens is 1. The van der Waals surface area contributed by atoms with Crippen molar-refractivity contribution in [1.29, 1.82) is 0 Å². The molecule has 0 aromatic heterocycles. The van der Waals surface area contributed by atoms with Gasteiger partial charge < -0.3 is 4.48 Å². The van der Waals surface area contributed by atoms with E-state index in [9.17, 15) is 0 Å². The van der Waals surface area contributed by atoms with Crippen LogP contribution >= 0.6 is 0 Å².